The molecule has 12 heteroatoms. The molecule has 2 heterocycles. The van der Waals surface area contributed by atoms with E-state index in [0.29, 0.717) is 25.9 Å². The van der Waals surface area contributed by atoms with Crippen molar-refractivity contribution in [3.8, 4) is 0 Å². The summed E-state index contributed by atoms with van der Waals surface area (Å²) in [6, 6.07) is -1.10. The van der Waals surface area contributed by atoms with E-state index in [-0.39, 0.29) is 44.0 Å². The van der Waals surface area contributed by atoms with Gasteiger partial charge in [0.05, 0.1) is 11.8 Å². The number of aliphatic carboxylic acids is 1. The Balaban J connectivity index is 1.87. The zero-order valence-electron chi connectivity index (χ0n) is 22.7. The normalized spacial score (nSPS) is 21.8. The van der Waals surface area contributed by atoms with Gasteiger partial charge in [-0.15, -0.1) is 0 Å². The van der Waals surface area contributed by atoms with Crippen LogP contribution in [0.2, 0.25) is 0 Å². The van der Waals surface area contributed by atoms with Gasteiger partial charge in [-0.3, -0.25) is 19.2 Å². The largest absolute Gasteiger partial charge is 0.481 e. The van der Waals surface area contributed by atoms with Crippen molar-refractivity contribution in [1.29, 1.82) is 0 Å². The van der Waals surface area contributed by atoms with Gasteiger partial charge in [-0.25, -0.2) is 4.79 Å². The molecule has 12 nitrogen and oxygen atoms in total. The maximum Gasteiger partial charge on any atom is 0.410 e. The van der Waals surface area contributed by atoms with E-state index in [1.807, 2.05) is 0 Å². The molecule has 3 amide bonds. The third-order valence-corrected chi connectivity index (χ3v) is 6.26. The number of carbonyl (C=O) groups excluding carboxylic acids is 4. The molecular formula is C25H42N4O8. The molecule has 0 aliphatic carbocycles. The fourth-order valence-corrected chi connectivity index (χ4v) is 4.35. The van der Waals surface area contributed by atoms with Crippen molar-refractivity contribution in [2.45, 2.75) is 78.0 Å². The van der Waals surface area contributed by atoms with Crippen LogP contribution < -0.4 is 11.1 Å². The summed E-state index contributed by atoms with van der Waals surface area (Å²) in [5, 5.41) is 12.2. The molecule has 0 aromatic rings. The van der Waals surface area contributed by atoms with Crippen LogP contribution in [0, 0.1) is 17.8 Å². The van der Waals surface area contributed by atoms with Gasteiger partial charge in [0.1, 0.15) is 17.2 Å². The summed E-state index contributed by atoms with van der Waals surface area (Å²) in [6.07, 6.45) is 1.11. The summed E-state index contributed by atoms with van der Waals surface area (Å²) < 4.78 is 10.6. The maximum atomic E-state index is 13.0. The van der Waals surface area contributed by atoms with Gasteiger partial charge in [-0.2, -0.15) is 0 Å². The number of hydrogen-bond donors (Lipinski definition) is 3. The molecule has 0 saturated carbocycles. The second kappa shape index (κ2) is 12.1. The number of nitrogens with two attached hydrogens (primary N) is 1. The van der Waals surface area contributed by atoms with Crippen molar-refractivity contribution in [3.63, 3.8) is 0 Å². The topological polar surface area (TPSA) is 169 Å². The predicted octanol–water partition coefficient (Wildman–Crippen LogP) is 0.968. The lowest BCUT2D eigenvalue weighted by Gasteiger charge is -2.33. The lowest BCUT2D eigenvalue weighted by molar-refractivity contribution is -0.156. The molecule has 2 aliphatic heterocycles. The second-order valence-electron chi connectivity index (χ2n) is 11.8. The van der Waals surface area contributed by atoms with E-state index in [1.165, 1.54) is 4.90 Å². The van der Waals surface area contributed by atoms with Crippen molar-refractivity contribution in [2.75, 3.05) is 32.7 Å². The number of carbonyl (C=O) groups is 5. The highest BCUT2D eigenvalue weighted by atomic mass is 16.6. The molecular weight excluding hydrogens is 484 g/mol. The molecule has 0 radical (unpaired) electrons. The smallest absolute Gasteiger partial charge is 0.410 e. The highest BCUT2D eigenvalue weighted by molar-refractivity contribution is 5.88. The van der Waals surface area contributed by atoms with Crippen LogP contribution in [0.1, 0.15) is 60.8 Å². The summed E-state index contributed by atoms with van der Waals surface area (Å²) in [6.45, 7) is 11.2. The summed E-state index contributed by atoms with van der Waals surface area (Å²) in [5.74, 6) is -4.61. The Kier molecular flexibility index (Phi) is 9.92. The van der Waals surface area contributed by atoms with Gasteiger partial charge in [0.25, 0.3) is 0 Å². The summed E-state index contributed by atoms with van der Waals surface area (Å²) in [4.78, 5) is 64.9. The van der Waals surface area contributed by atoms with Crippen LogP contribution in [-0.4, -0.2) is 94.7 Å². The molecule has 2 fully saturated rings. The zero-order chi connectivity index (χ0) is 28.1. The van der Waals surface area contributed by atoms with Crippen LogP contribution in [-0.2, 0) is 28.7 Å². The molecule has 0 aromatic carbocycles. The maximum absolute atomic E-state index is 13.0. The van der Waals surface area contributed by atoms with E-state index < -0.39 is 46.9 Å². The minimum atomic E-state index is -1.17. The Labute approximate surface area is 218 Å². The Morgan fingerprint density at radius 1 is 0.919 bits per heavy atom. The molecule has 2 saturated heterocycles. The number of nitrogens with zero attached hydrogens (tertiary/aromatic N) is 2. The van der Waals surface area contributed by atoms with E-state index in [2.05, 4.69) is 5.32 Å². The van der Waals surface area contributed by atoms with Gasteiger partial charge in [0.15, 0.2) is 0 Å². The Hall–Kier alpha value is -2.89. The van der Waals surface area contributed by atoms with E-state index in [1.54, 1.807) is 46.4 Å². The molecule has 0 unspecified atom stereocenters. The van der Waals surface area contributed by atoms with Crippen molar-refractivity contribution in [2.24, 2.45) is 23.5 Å². The third-order valence-electron chi connectivity index (χ3n) is 6.26. The Morgan fingerprint density at radius 2 is 1.46 bits per heavy atom. The minimum absolute atomic E-state index is 0.0277. The number of ether oxygens (including phenoxy) is 2. The fourth-order valence-electron chi connectivity index (χ4n) is 4.35. The lowest BCUT2D eigenvalue weighted by Crippen LogP contribution is -2.48. The average molecular weight is 527 g/mol. The van der Waals surface area contributed by atoms with Crippen molar-refractivity contribution < 1.29 is 38.6 Å². The summed E-state index contributed by atoms with van der Waals surface area (Å²) >= 11 is 0. The highest BCUT2D eigenvalue weighted by Gasteiger charge is 2.44. The number of esters is 1. The van der Waals surface area contributed by atoms with E-state index in [4.69, 9.17) is 15.2 Å². The van der Waals surface area contributed by atoms with Crippen LogP contribution >= 0.6 is 0 Å². The Morgan fingerprint density at radius 3 is 1.97 bits per heavy atom. The molecule has 3 atom stereocenters. The quantitative estimate of drug-likeness (QED) is 0.409. The van der Waals surface area contributed by atoms with Gasteiger partial charge >= 0.3 is 18.0 Å². The zero-order valence-corrected chi connectivity index (χ0v) is 22.7. The van der Waals surface area contributed by atoms with Crippen LogP contribution in [0.15, 0.2) is 0 Å². The third kappa shape index (κ3) is 9.49. The number of amides is 3. The number of rotatable bonds is 7. The first-order valence-electron chi connectivity index (χ1n) is 12.7. The molecule has 210 valence electrons. The number of hydrogen-bond acceptors (Lipinski definition) is 8. The molecule has 0 aromatic heterocycles. The Bertz CT molecular complexity index is 871. The first-order valence-corrected chi connectivity index (χ1v) is 12.7. The summed E-state index contributed by atoms with van der Waals surface area (Å²) in [7, 11) is 0. The first kappa shape index (κ1) is 30.3. The molecule has 37 heavy (non-hydrogen) atoms. The number of likely N-dealkylation sites (tertiary alicyclic amines) is 2. The average Bonchev–Trinajstić information content (AvgIpc) is 3.21. The van der Waals surface area contributed by atoms with Gasteiger partial charge in [-0.1, -0.05) is 0 Å². The van der Waals surface area contributed by atoms with Crippen molar-refractivity contribution >= 4 is 29.8 Å². The van der Waals surface area contributed by atoms with Crippen molar-refractivity contribution in [1.82, 2.24) is 15.1 Å². The number of piperidine rings is 1. The van der Waals surface area contributed by atoms with Gasteiger partial charge in [-0.05, 0) is 60.3 Å². The standard InChI is InChI=1S/C25H42N4O8/c1-24(2,3)36-22(34)18(26)12-27-20(31)16-13-29(14-17(16)21(32)33)19(30)11-15-7-9-28(10-8-15)23(35)37-25(4,5)6/h15-18H,7-14,26H2,1-6H3,(H,27,31)(H,32,33)/t16-,17-,18+/m1/s1. The van der Waals surface area contributed by atoms with Crippen molar-refractivity contribution in [3.05, 3.63) is 0 Å². The van der Waals surface area contributed by atoms with E-state index in [9.17, 15) is 29.1 Å². The molecule has 4 N–H and O–H groups in total. The number of nitrogens with one attached hydrogen (secondary N) is 1. The lowest BCUT2D eigenvalue weighted by atomic mass is 9.93. The monoisotopic (exact) mass is 526 g/mol. The van der Waals surface area contributed by atoms with Gasteiger partial charge in [0.2, 0.25) is 11.8 Å². The predicted molar refractivity (Wildman–Crippen MR) is 133 cm³/mol. The minimum Gasteiger partial charge on any atom is -0.481 e. The second-order valence-corrected chi connectivity index (χ2v) is 11.8. The molecule has 0 spiro atoms. The van der Waals surface area contributed by atoms with Crippen LogP contribution in [0.3, 0.4) is 0 Å². The molecule has 2 rings (SSSR count). The number of carboxylic acids is 1. The van der Waals surface area contributed by atoms with Crippen LogP contribution in [0.25, 0.3) is 0 Å². The van der Waals surface area contributed by atoms with Crippen LogP contribution in [0.4, 0.5) is 4.79 Å². The molecule has 0 bridgehead atoms. The molecule has 2 aliphatic rings. The SMILES string of the molecule is CC(C)(C)OC(=O)[C@@H](N)CNC(=O)[C@@H]1CN(C(=O)CC2CCN(C(=O)OC(C)(C)C)CC2)C[C@H]1C(=O)O. The fraction of sp³-hybridized carbons (Fsp3) is 0.800. The summed E-state index contributed by atoms with van der Waals surface area (Å²) in [5.41, 5.74) is 4.49. The number of carboxylic acid groups (broad SMARTS) is 1. The van der Waals surface area contributed by atoms with E-state index >= 15 is 0 Å². The highest BCUT2D eigenvalue weighted by Crippen LogP contribution is 2.28. The van der Waals surface area contributed by atoms with E-state index in [0.717, 1.165) is 0 Å². The van der Waals surface area contributed by atoms with Gasteiger partial charge in [0, 0.05) is 39.1 Å². The first-order chi connectivity index (χ1) is 17.0. The van der Waals surface area contributed by atoms with Crippen LogP contribution in [0.5, 0.6) is 0 Å². The van der Waals surface area contributed by atoms with Gasteiger partial charge < -0.3 is 35.4 Å².